The number of aryl methyl sites for hydroxylation is 1. The normalized spacial score (nSPS) is 24.5. The number of carbonyl (C=O) groups is 2. The van der Waals surface area contributed by atoms with E-state index >= 15 is 0 Å². The lowest BCUT2D eigenvalue weighted by Crippen LogP contribution is -2.47. The first kappa shape index (κ1) is 17.7. The van der Waals surface area contributed by atoms with Crippen molar-refractivity contribution in [2.24, 2.45) is 0 Å². The van der Waals surface area contributed by atoms with Crippen LogP contribution in [0.2, 0.25) is 0 Å². The van der Waals surface area contributed by atoms with Crippen molar-refractivity contribution in [2.75, 3.05) is 19.6 Å². The largest absolute Gasteiger partial charge is 0.372 e. The maximum absolute atomic E-state index is 13.0. The topological polar surface area (TPSA) is 49.9 Å². The van der Waals surface area contributed by atoms with Gasteiger partial charge >= 0.3 is 0 Å². The Kier molecular flexibility index (Phi) is 4.95. The van der Waals surface area contributed by atoms with Crippen LogP contribution >= 0.6 is 0 Å². The van der Waals surface area contributed by atoms with Gasteiger partial charge in [-0.1, -0.05) is 36.8 Å². The highest BCUT2D eigenvalue weighted by molar-refractivity contribution is 6.35. The quantitative estimate of drug-likeness (QED) is 0.789. The molecule has 2 heterocycles. The monoisotopic (exact) mass is 342 g/mol. The Morgan fingerprint density at radius 1 is 1.04 bits per heavy atom. The molecule has 2 atom stereocenters. The summed E-state index contributed by atoms with van der Waals surface area (Å²) in [6.07, 6.45) is 0.805. The molecule has 25 heavy (non-hydrogen) atoms. The molecule has 5 nitrogen and oxygen atoms in total. The van der Waals surface area contributed by atoms with Gasteiger partial charge in [0.25, 0.3) is 11.8 Å². The molecule has 1 fully saturated rings. The van der Waals surface area contributed by atoms with E-state index in [1.54, 1.807) is 0 Å². The number of nitrogens with zero attached hydrogens (tertiary/aromatic N) is 2. The molecule has 2 unspecified atom stereocenters. The number of hydrogen-bond donors (Lipinski definition) is 0. The van der Waals surface area contributed by atoms with Crippen LogP contribution in [0.3, 0.4) is 0 Å². The fraction of sp³-hybridized carbons (Fsp3) is 0.500. The Hall–Kier alpha value is -2.14. The van der Waals surface area contributed by atoms with E-state index in [0.717, 1.165) is 17.5 Å². The van der Waals surface area contributed by atoms with Crippen molar-refractivity contribution in [1.29, 1.82) is 0 Å². The molecule has 0 bridgehead atoms. The third-order valence-corrected chi connectivity index (χ3v) is 4.67. The van der Waals surface area contributed by atoms with Crippen molar-refractivity contribution in [3.63, 3.8) is 0 Å². The van der Waals surface area contributed by atoms with Gasteiger partial charge in [0.15, 0.2) is 0 Å². The number of imide groups is 1. The number of hydrogen-bond acceptors (Lipinski definition) is 4. The lowest BCUT2D eigenvalue weighted by Gasteiger charge is -2.37. The molecule has 0 aromatic heterocycles. The van der Waals surface area contributed by atoms with E-state index in [2.05, 4.69) is 0 Å². The van der Waals surface area contributed by atoms with Gasteiger partial charge in [-0.25, -0.2) is 0 Å². The molecule has 0 spiro atoms. The van der Waals surface area contributed by atoms with Crippen molar-refractivity contribution in [2.45, 2.75) is 46.3 Å². The van der Waals surface area contributed by atoms with Gasteiger partial charge in [-0.3, -0.25) is 14.5 Å². The van der Waals surface area contributed by atoms with Crippen LogP contribution in [0.1, 0.15) is 38.3 Å². The molecular weight excluding hydrogens is 316 g/mol. The van der Waals surface area contributed by atoms with Gasteiger partial charge < -0.3 is 9.64 Å². The zero-order valence-corrected chi connectivity index (χ0v) is 15.4. The van der Waals surface area contributed by atoms with E-state index in [9.17, 15) is 9.59 Å². The van der Waals surface area contributed by atoms with Crippen LogP contribution in [0.25, 0.3) is 5.57 Å². The minimum Gasteiger partial charge on any atom is -0.372 e. The van der Waals surface area contributed by atoms with Crippen LogP contribution in [0.15, 0.2) is 30.0 Å². The standard InChI is InChI=1S/C20H26N2O3/c1-5-10-22-19(23)17(16-8-6-13(2)7-9-16)18(20(22)24)21-11-14(3)25-15(4)12-21/h6-9,14-15H,5,10-12H2,1-4H3. The molecule has 2 aliphatic rings. The summed E-state index contributed by atoms with van der Waals surface area (Å²) in [6, 6.07) is 7.81. The van der Waals surface area contributed by atoms with Gasteiger partial charge in [0.05, 0.1) is 17.8 Å². The number of benzene rings is 1. The molecule has 1 aromatic rings. The summed E-state index contributed by atoms with van der Waals surface area (Å²) in [5.74, 6) is -0.360. The van der Waals surface area contributed by atoms with Crippen LogP contribution in [0, 0.1) is 6.92 Å². The Morgan fingerprint density at radius 2 is 1.64 bits per heavy atom. The number of carbonyl (C=O) groups excluding carboxylic acids is 2. The molecule has 0 saturated carbocycles. The summed E-state index contributed by atoms with van der Waals surface area (Å²) in [7, 11) is 0. The highest BCUT2D eigenvalue weighted by Crippen LogP contribution is 2.33. The summed E-state index contributed by atoms with van der Waals surface area (Å²) < 4.78 is 5.79. The predicted molar refractivity (Wildman–Crippen MR) is 96.7 cm³/mol. The molecular formula is C20H26N2O3. The summed E-state index contributed by atoms with van der Waals surface area (Å²) in [6.45, 7) is 9.67. The fourth-order valence-corrected chi connectivity index (χ4v) is 3.62. The number of amides is 2. The van der Waals surface area contributed by atoms with Crippen LogP contribution in [0.5, 0.6) is 0 Å². The lowest BCUT2D eigenvalue weighted by molar-refractivity contribution is -0.138. The first-order valence-electron chi connectivity index (χ1n) is 9.00. The number of morpholine rings is 1. The molecule has 3 rings (SSSR count). The molecule has 2 amide bonds. The van der Waals surface area contributed by atoms with Crippen molar-refractivity contribution >= 4 is 17.4 Å². The Morgan fingerprint density at radius 3 is 2.20 bits per heavy atom. The minimum absolute atomic E-state index is 0.0265. The van der Waals surface area contributed by atoms with E-state index in [1.807, 2.05) is 56.9 Å². The summed E-state index contributed by atoms with van der Waals surface area (Å²) in [5.41, 5.74) is 3.00. The maximum Gasteiger partial charge on any atom is 0.277 e. The van der Waals surface area contributed by atoms with Crippen LogP contribution in [-0.2, 0) is 14.3 Å². The molecule has 2 aliphatic heterocycles. The van der Waals surface area contributed by atoms with Gasteiger partial charge in [-0.15, -0.1) is 0 Å². The van der Waals surface area contributed by atoms with Gasteiger partial charge in [0.1, 0.15) is 5.70 Å². The molecule has 0 aliphatic carbocycles. The third kappa shape index (κ3) is 3.33. The SMILES string of the molecule is CCCN1C(=O)C(c2ccc(C)cc2)=C(N2CC(C)OC(C)C2)C1=O. The van der Waals surface area contributed by atoms with E-state index in [1.165, 1.54) is 4.90 Å². The fourth-order valence-electron chi connectivity index (χ4n) is 3.62. The summed E-state index contributed by atoms with van der Waals surface area (Å²) in [4.78, 5) is 29.4. The highest BCUT2D eigenvalue weighted by atomic mass is 16.5. The predicted octanol–water partition coefficient (Wildman–Crippen LogP) is 2.59. The van der Waals surface area contributed by atoms with Crippen molar-refractivity contribution in [1.82, 2.24) is 9.80 Å². The van der Waals surface area contributed by atoms with E-state index in [0.29, 0.717) is 30.9 Å². The second kappa shape index (κ2) is 7.00. The molecule has 5 heteroatoms. The summed E-state index contributed by atoms with van der Waals surface area (Å²) >= 11 is 0. The first-order valence-corrected chi connectivity index (χ1v) is 9.00. The molecule has 0 radical (unpaired) electrons. The maximum atomic E-state index is 13.0. The van der Waals surface area contributed by atoms with Crippen LogP contribution < -0.4 is 0 Å². The van der Waals surface area contributed by atoms with E-state index in [4.69, 9.17) is 4.74 Å². The zero-order valence-electron chi connectivity index (χ0n) is 15.4. The second-order valence-electron chi connectivity index (χ2n) is 7.01. The van der Waals surface area contributed by atoms with E-state index < -0.39 is 0 Å². The van der Waals surface area contributed by atoms with Crippen molar-refractivity contribution in [3.05, 3.63) is 41.1 Å². The minimum atomic E-state index is -0.183. The van der Waals surface area contributed by atoms with Gasteiger partial charge in [-0.2, -0.15) is 0 Å². The van der Waals surface area contributed by atoms with Crippen molar-refractivity contribution < 1.29 is 14.3 Å². The van der Waals surface area contributed by atoms with Crippen molar-refractivity contribution in [3.8, 4) is 0 Å². The summed E-state index contributed by atoms with van der Waals surface area (Å²) in [5, 5.41) is 0. The first-order chi connectivity index (χ1) is 11.9. The Bertz CT molecular complexity index is 698. The lowest BCUT2D eigenvalue weighted by atomic mass is 10.0. The molecule has 134 valence electrons. The zero-order chi connectivity index (χ0) is 18.1. The molecule has 1 saturated heterocycles. The van der Waals surface area contributed by atoms with Gasteiger partial charge in [-0.05, 0) is 32.8 Å². The molecule has 1 aromatic carbocycles. The third-order valence-electron chi connectivity index (χ3n) is 4.67. The average Bonchev–Trinajstić information content (AvgIpc) is 2.80. The smallest absolute Gasteiger partial charge is 0.277 e. The van der Waals surface area contributed by atoms with Gasteiger partial charge in [0, 0.05) is 19.6 Å². The Balaban J connectivity index is 2.07. The van der Waals surface area contributed by atoms with Gasteiger partial charge in [0.2, 0.25) is 0 Å². The molecule has 0 N–H and O–H groups in total. The number of ether oxygens (including phenoxy) is 1. The van der Waals surface area contributed by atoms with E-state index in [-0.39, 0.29) is 24.0 Å². The van der Waals surface area contributed by atoms with Crippen LogP contribution in [-0.4, -0.2) is 53.5 Å². The average molecular weight is 342 g/mol. The van der Waals surface area contributed by atoms with Crippen LogP contribution in [0.4, 0.5) is 0 Å². The number of rotatable bonds is 4. The highest BCUT2D eigenvalue weighted by Gasteiger charge is 2.42. The Labute approximate surface area is 149 Å². The second-order valence-corrected chi connectivity index (χ2v) is 7.01.